The van der Waals surface area contributed by atoms with Gasteiger partial charge in [-0.05, 0) is 43.9 Å². The van der Waals surface area contributed by atoms with E-state index in [-0.39, 0.29) is 19.3 Å². The van der Waals surface area contributed by atoms with Crippen molar-refractivity contribution >= 4 is 6.09 Å². The lowest BCUT2D eigenvalue weighted by molar-refractivity contribution is 0.0769. The maximum absolute atomic E-state index is 14.3. The number of carbonyl (C=O) groups is 1. The van der Waals surface area contributed by atoms with Crippen molar-refractivity contribution in [1.82, 2.24) is 14.7 Å². The summed E-state index contributed by atoms with van der Waals surface area (Å²) in [5, 5.41) is 14.3. The molecule has 1 aliphatic rings. The number of nitrogens with zero attached hydrogens (tertiary/aromatic N) is 3. The van der Waals surface area contributed by atoms with E-state index >= 15 is 0 Å². The number of phenols is 1. The highest BCUT2D eigenvalue weighted by Gasteiger charge is 2.22. The molecule has 7 nitrogen and oxygen atoms in total. The van der Waals surface area contributed by atoms with E-state index in [9.17, 15) is 14.3 Å². The topological polar surface area (TPSA) is 76.8 Å². The van der Waals surface area contributed by atoms with E-state index in [4.69, 9.17) is 9.47 Å². The van der Waals surface area contributed by atoms with Gasteiger partial charge in [0.15, 0.2) is 11.6 Å². The second-order valence-electron chi connectivity index (χ2n) is 6.91. The Hall–Kier alpha value is -2.61. The van der Waals surface area contributed by atoms with Crippen molar-refractivity contribution in [2.24, 2.45) is 7.05 Å². The summed E-state index contributed by atoms with van der Waals surface area (Å²) in [6, 6.07) is 2.94. The molecule has 2 heterocycles. The van der Waals surface area contributed by atoms with Crippen LogP contribution in [-0.2, 0) is 23.1 Å². The third-order valence-corrected chi connectivity index (χ3v) is 4.81. The van der Waals surface area contributed by atoms with Crippen LogP contribution in [0.5, 0.6) is 5.75 Å². The van der Waals surface area contributed by atoms with Crippen molar-refractivity contribution in [3.8, 4) is 16.9 Å². The quantitative estimate of drug-likeness (QED) is 0.782. The SMILES string of the molecule is CCOC(=O)N(CCC1CCCO1)Cc1cc(-c2cnn(C)c2)cc(F)c1O. The second kappa shape index (κ2) is 9.05. The minimum absolute atomic E-state index is 0.0441. The summed E-state index contributed by atoms with van der Waals surface area (Å²) in [5.41, 5.74) is 1.63. The van der Waals surface area contributed by atoms with E-state index in [1.807, 2.05) is 0 Å². The van der Waals surface area contributed by atoms with Gasteiger partial charge < -0.3 is 19.5 Å². The van der Waals surface area contributed by atoms with Crippen molar-refractivity contribution in [1.29, 1.82) is 0 Å². The zero-order valence-corrected chi connectivity index (χ0v) is 16.2. The van der Waals surface area contributed by atoms with Gasteiger partial charge in [0.2, 0.25) is 0 Å². The molecule has 1 N–H and O–H groups in total. The van der Waals surface area contributed by atoms with Crippen LogP contribution in [0.15, 0.2) is 24.5 Å². The van der Waals surface area contributed by atoms with Crippen molar-refractivity contribution in [2.45, 2.75) is 38.8 Å². The van der Waals surface area contributed by atoms with Gasteiger partial charge >= 0.3 is 6.09 Å². The summed E-state index contributed by atoms with van der Waals surface area (Å²) in [5.74, 6) is -1.20. The molecule has 1 amide bonds. The number of ether oxygens (including phenoxy) is 2. The molecule has 0 aliphatic carbocycles. The molecule has 152 valence electrons. The van der Waals surface area contributed by atoms with Gasteiger partial charge in [-0.1, -0.05) is 0 Å². The number of carbonyl (C=O) groups excluding carboxylic acids is 1. The van der Waals surface area contributed by atoms with Gasteiger partial charge in [-0.2, -0.15) is 5.10 Å². The Bertz CT molecular complexity index is 818. The molecule has 0 radical (unpaired) electrons. The molecule has 1 saturated heterocycles. The average molecular weight is 391 g/mol. The minimum atomic E-state index is -0.737. The van der Waals surface area contributed by atoms with E-state index < -0.39 is 17.7 Å². The van der Waals surface area contributed by atoms with Gasteiger partial charge in [0, 0.05) is 37.5 Å². The zero-order valence-electron chi connectivity index (χ0n) is 16.2. The number of aryl methyl sites for hydroxylation is 1. The standard InChI is InChI=1S/C20H26FN3O4/c1-3-27-20(26)24(7-6-17-5-4-8-28-17)13-15-9-14(10-18(21)19(15)25)16-11-22-23(2)12-16/h9-12,17,25H,3-8,13H2,1-2H3. The first-order chi connectivity index (χ1) is 13.5. The van der Waals surface area contributed by atoms with Gasteiger partial charge in [0.1, 0.15) is 0 Å². The molecule has 2 aromatic rings. The van der Waals surface area contributed by atoms with E-state index in [0.29, 0.717) is 24.1 Å². The molecule has 1 aromatic heterocycles. The van der Waals surface area contributed by atoms with E-state index in [0.717, 1.165) is 25.0 Å². The number of aromatic hydroxyl groups is 1. The van der Waals surface area contributed by atoms with Crippen LogP contribution < -0.4 is 0 Å². The van der Waals surface area contributed by atoms with E-state index in [1.54, 1.807) is 37.1 Å². The normalized spacial score (nSPS) is 16.3. The van der Waals surface area contributed by atoms with Crippen LogP contribution in [0.1, 0.15) is 31.7 Å². The van der Waals surface area contributed by atoms with Crippen molar-refractivity contribution in [2.75, 3.05) is 19.8 Å². The monoisotopic (exact) mass is 391 g/mol. The molecular weight excluding hydrogens is 365 g/mol. The number of benzene rings is 1. The van der Waals surface area contributed by atoms with Crippen LogP contribution in [-0.4, -0.2) is 51.7 Å². The summed E-state index contributed by atoms with van der Waals surface area (Å²) in [6.07, 6.45) is 5.66. The van der Waals surface area contributed by atoms with Crippen LogP contribution in [0.3, 0.4) is 0 Å². The first kappa shape index (κ1) is 20.1. The van der Waals surface area contributed by atoms with Crippen LogP contribution in [0.25, 0.3) is 11.1 Å². The molecule has 1 unspecified atom stereocenters. The number of aromatic nitrogens is 2. The third kappa shape index (κ3) is 4.81. The average Bonchev–Trinajstić information content (AvgIpc) is 3.33. The Morgan fingerprint density at radius 3 is 2.93 bits per heavy atom. The Morgan fingerprint density at radius 1 is 1.46 bits per heavy atom. The number of hydrogen-bond donors (Lipinski definition) is 1. The first-order valence-corrected chi connectivity index (χ1v) is 9.51. The number of amides is 1. The van der Waals surface area contributed by atoms with E-state index in [1.165, 1.54) is 11.0 Å². The summed E-state index contributed by atoms with van der Waals surface area (Å²) in [7, 11) is 1.77. The highest BCUT2D eigenvalue weighted by atomic mass is 19.1. The smallest absolute Gasteiger partial charge is 0.410 e. The Morgan fingerprint density at radius 2 is 2.29 bits per heavy atom. The Balaban J connectivity index is 1.81. The molecule has 28 heavy (non-hydrogen) atoms. The molecule has 0 spiro atoms. The summed E-state index contributed by atoms with van der Waals surface area (Å²) >= 11 is 0. The van der Waals surface area contributed by atoms with Crippen molar-refractivity contribution in [3.63, 3.8) is 0 Å². The van der Waals surface area contributed by atoms with Crippen LogP contribution >= 0.6 is 0 Å². The van der Waals surface area contributed by atoms with Crippen molar-refractivity contribution < 1.29 is 23.8 Å². The van der Waals surface area contributed by atoms with Crippen LogP contribution in [0.4, 0.5) is 9.18 Å². The summed E-state index contributed by atoms with van der Waals surface area (Å²) in [4.78, 5) is 13.9. The summed E-state index contributed by atoms with van der Waals surface area (Å²) < 4.78 is 26.7. The van der Waals surface area contributed by atoms with E-state index in [2.05, 4.69) is 5.10 Å². The third-order valence-electron chi connectivity index (χ3n) is 4.81. The van der Waals surface area contributed by atoms with Gasteiger partial charge in [0.05, 0.1) is 25.5 Å². The maximum Gasteiger partial charge on any atom is 0.410 e. The fraction of sp³-hybridized carbons (Fsp3) is 0.500. The van der Waals surface area contributed by atoms with Crippen molar-refractivity contribution in [3.05, 3.63) is 35.9 Å². The lowest BCUT2D eigenvalue weighted by atomic mass is 10.0. The second-order valence-corrected chi connectivity index (χ2v) is 6.91. The first-order valence-electron chi connectivity index (χ1n) is 9.51. The molecule has 8 heteroatoms. The van der Waals surface area contributed by atoms with Gasteiger partial charge in [-0.3, -0.25) is 4.68 Å². The fourth-order valence-corrected chi connectivity index (χ4v) is 3.34. The van der Waals surface area contributed by atoms with Gasteiger partial charge in [-0.15, -0.1) is 0 Å². The molecular formula is C20H26FN3O4. The Kier molecular flexibility index (Phi) is 6.51. The molecule has 1 aromatic carbocycles. The molecule has 3 rings (SSSR count). The van der Waals surface area contributed by atoms with Crippen LogP contribution in [0, 0.1) is 5.82 Å². The maximum atomic E-state index is 14.3. The lowest BCUT2D eigenvalue weighted by Gasteiger charge is -2.24. The Labute approximate surface area is 163 Å². The molecule has 0 bridgehead atoms. The largest absolute Gasteiger partial charge is 0.505 e. The fourth-order valence-electron chi connectivity index (χ4n) is 3.34. The molecule has 1 aliphatic heterocycles. The van der Waals surface area contributed by atoms with Gasteiger partial charge in [-0.25, -0.2) is 9.18 Å². The van der Waals surface area contributed by atoms with Gasteiger partial charge in [0.25, 0.3) is 0 Å². The number of rotatable bonds is 7. The number of phenolic OH excluding ortho intramolecular Hbond substituents is 1. The molecule has 0 saturated carbocycles. The predicted octanol–water partition coefficient (Wildman–Crippen LogP) is 3.46. The lowest BCUT2D eigenvalue weighted by Crippen LogP contribution is -2.33. The van der Waals surface area contributed by atoms with Crippen LogP contribution in [0.2, 0.25) is 0 Å². The number of halogens is 1. The minimum Gasteiger partial charge on any atom is -0.505 e. The zero-order chi connectivity index (χ0) is 20.1. The number of hydrogen-bond acceptors (Lipinski definition) is 5. The predicted molar refractivity (Wildman–Crippen MR) is 101 cm³/mol. The molecule has 1 fully saturated rings. The highest BCUT2D eigenvalue weighted by molar-refractivity contribution is 5.69. The summed E-state index contributed by atoms with van der Waals surface area (Å²) in [6.45, 7) is 3.16. The highest BCUT2D eigenvalue weighted by Crippen LogP contribution is 2.30. The molecule has 1 atom stereocenters.